The molecule has 0 bridgehead atoms. The van der Waals surface area contributed by atoms with Gasteiger partial charge >= 0.3 is 0 Å². The molecule has 1 aliphatic heterocycles. The molecule has 0 aliphatic carbocycles. The molecule has 1 aromatic rings. The minimum Gasteiger partial charge on any atom is -0.496 e. The Morgan fingerprint density at radius 2 is 2.17 bits per heavy atom. The summed E-state index contributed by atoms with van der Waals surface area (Å²) in [6, 6.07) is 7.07. The maximum Gasteiger partial charge on any atom is 0.122 e. The Kier molecular flexibility index (Phi) is 4.61. The largest absolute Gasteiger partial charge is 0.496 e. The molecule has 18 heavy (non-hydrogen) atoms. The highest BCUT2D eigenvalue weighted by Gasteiger charge is 2.15. The van der Waals surface area contributed by atoms with Crippen LogP contribution in [0.3, 0.4) is 0 Å². The predicted octanol–water partition coefficient (Wildman–Crippen LogP) is 1.92. The van der Waals surface area contributed by atoms with Crippen LogP contribution in [-0.4, -0.2) is 32.8 Å². The van der Waals surface area contributed by atoms with E-state index in [1.165, 1.54) is 11.1 Å². The zero-order valence-corrected chi connectivity index (χ0v) is 11.6. The second-order valence-corrected chi connectivity index (χ2v) is 5.29. The van der Waals surface area contributed by atoms with Crippen molar-refractivity contribution in [2.45, 2.75) is 32.2 Å². The number of rotatable bonds is 4. The number of nitrogens with one attached hydrogen (secondary N) is 2. The molecule has 0 aromatic heterocycles. The molecule has 1 saturated heterocycles. The summed E-state index contributed by atoms with van der Waals surface area (Å²) in [6.45, 7) is 7.61. The van der Waals surface area contributed by atoms with Gasteiger partial charge in [-0.1, -0.05) is 26.0 Å². The number of benzene rings is 1. The highest BCUT2D eigenvalue weighted by Crippen LogP contribution is 2.25. The molecule has 3 nitrogen and oxygen atoms in total. The van der Waals surface area contributed by atoms with Gasteiger partial charge in [0.1, 0.15) is 5.75 Å². The molecule has 1 aromatic carbocycles. The van der Waals surface area contributed by atoms with E-state index in [0.29, 0.717) is 12.0 Å². The standard InChI is InChI=1S/C15H24N2O/c1-11(2)12-4-5-15(18-3)13(8-12)9-14-10-16-6-7-17-14/h4-5,8,11,14,16-17H,6-7,9-10H2,1-3H3. The third kappa shape index (κ3) is 3.24. The summed E-state index contributed by atoms with van der Waals surface area (Å²) in [5.41, 5.74) is 2.69. The molecule has 1 atom stereocenters. The Balaban J connectivity index is 2.15. The number of hydrogen-bond acceptors (Lipinski definition) is 3. The van der Waals surface area contributed by atoms with E-state index < -0.39 is 0 Å². The van der Waals surface area contributed by atoms with E-state index in [0.717, 1.165) is 31.8 Å². The SMILES string of the molecule is COc1ccc(C(C)C)cc1CC1CNCCN1. The van der Waals surface area contributed by atoms with Gasteiger partial charge in [-0.25, -0.2) is 0 Å². The Hall–Kier alpha value is -1.06. The minimum atomic E-state index is 0.509. The van der Waals surface area contributed by atoms with Gasteiger partial charge in [-0.15, -0.1) is 0 Å². The summed E-state index contributed by atoms with van der Waals surface area (Å²) in [4.78, 5) is 0. The lowest BCUT2D eigenvalue weighted by atomic mass is 9.96. The third-order valence-electron chi connectivity index (χ3n) is 3.56. The Bertz CT molecular complexity index is 384. The zero-order valence-electron chi connectivity index (χ0n) is 11.6. The molecule has 1 heterocycles. The molecule has 0 amide bonds. The third-order valence-corrected chi connectivity index (χ3v) is 3.56. The van der Waals surface area contributed by atoms with E-state index in [2.05, 4.69) is 42.7 Å². The predicted molar refractivity (Wildman–Crippen MR) is 75.4 cm³/mol. The molecular formula is C15H24N2O. The number of ether oxygens (including phenoxy) is 1. The number of hydrogen-bond donors (Lipinski definition) is 2. The summed E-state index contributed by atoms with van der Waals surface area (Å²) in [5.74, 6) is 1.57. The van der Waals surface area contributed by atoms with Crippen molar-refractivity contribution >= 4 is 0 Å². The Morgan fingerprint density at radius 1 is 1.33 bits per heavy atom. The van der Waals surface area contributed by atoms with E-state index in [1.807, 2.05) is 0 Å². The Labute approximate surface area is 110 Å². The van der Waals surface area contributed by atoms with E-state index in [1.54, 1.807) is 7.11 Å². The van der Waals surface area contributed by atoms with Crippen molar-refractivity contribution in [1.29, 1.82) is 0 Å². The molecule has 0 saturated carbocycles. The molecule has 100 valence electrons. The number of piperazine rings is 1. The van der Waals surface area contributed by atoms with E-state index >= 15 is 0 Å². The molecule has 2 rings (SSSR count). The van der Waals surface area contributed by atoms with Crippen LogP contribution < -0.4 is 15.4 Å². The Morgan fingerprint density at radius 3 is 2.78 bits per heavy atom. The quantitative estimate of drug-likeness (QED) is 0.854. The van der Waals surface area contributed by atoms with E-state index in [4.69, 9.17) is 4.74 Å². The minimum absolute atomic E-state index is 0.509. The molecule has 1 fully saturated rings. The van der Waals surface area contributed by atoms with Crippen LogP contribution in [0.2, 0.25) is 0 Å². The van der Waals surface area contributed by atoms with Gasteiger partial charge in [0.2, 0.25) is 0 Å². The normalized spacial score (nSPS) is 20.1. The molecule has 1 unspecified atom stereocenters. The van der Waals surface area contributed by atoms with Crippen LogP contribution in [0.15, 0.2) is 18.2 Å². The van der Waals surface area contributed by atoms with Crippen molar-refractivity contribution in [3.8, 4) is 5.75 Å². The number of methoxy groups -OCH3 is 1. The zero-order chi connectivity index (χ0) is 13.0. The second-order valence-electron chi connectivity index (χ2n) is 5.29. The van der Waals surface area contributed by atoms with Crippen LogP contribution in [0.1, 0.15) is 30.9 Å². The fourth-order valence-electron chi connectivity index (χ4n) is 2.44. The molecule has 0 spiro atoms. The van der Waals surface area contributed by atoms with Crippen molar-refractivity contribution in [3.05, 3.63) is 29.3 Å². The first-order chi connectivity index (χ1) is 8.70. The smallest absolute Gasteiger partial charge is 0.122 e. The first-order valence-corrected chi connectivity index (χ1v) is 6.81. The summed E-state index contributed by atoms with van der Waals surface area (Å²) in [5, 5.41) is 6.98. The lowest BCUT2D eigenvalue weighted by Crippen LogP contribution is -2.49. The second kappa shape index (κ2) is 6.21. The average Bonchev–Trinajstić information content (AvgIpc) is 2.39. The van der Waals surface area contributed by atoms with Crippen molar-refractivity contribution in [1.82, 2.24) is 10.6 Å². The van der Waals surface area contributed by atoms with Crippen molar-refractivity contribution in [2.24, 2.45) is 0 Å². The highest BCUT2D eigenvalue weighted by atomic mass is 16.5. The summed E-state index contributed by atoms with van der Waals surface area (Å²) in [6.07, 6.45) is 1.02. The van der Waals surface area contributed by atoms with Crippen LogP contribution in [0.4, 0.5) is 0 Å². The highest BCUT2D eigenvalue weighted by molar-refractivity contribution is 5.39. The fraction of sp³-hybridized carbons (Fsp3) is 0.600. The van der Waals surface area contributed by atoms with Crippen LogP contribution in [0, 0.1) is 0 Å². The van der Waals surface area contributed by atoms with Gasteiger partial charge in [0.05, 0.1) is 7.11 Å². The van der Waals surface area contributed by atoms with Gasteiger partial charge in [0.15, 0.2) is 0 Å². The van der Waals surface area contributed by atoms with Crippen LogP contribution in [0.5, 0.6) is 5.75 Å². The van der Waals surface area contributed by atoms with Crippen molar-refractivity contribution in [2.75, 3.05) is 26.7 Å². The van der Waals surface area contributed by atoms with Crippen LogP contribution in [0.25, 0.3) is 0 Å². The molecule has 0 radical (unpaired) electrons. The fourth-order valence-corrected chi connectivity index (χ4v) is 2.44. The van der Waals surface area contributed by atoms with Gasteiger partial charge in [-0.05, 0) is 29.5 Å². The topological polar surface area (TPSA) is 33.3 Å². The van der Waals surface area contributed by atoms with Gasteiger partial charge < -0.3 is 15.4 Å². The first kappa shape index (κ1) is 13.4. The maximum absolute atomic E-state index is 5.47. The van der Waals surface area contributed by atoms with Gasteiger partial charge in [0, 0.05) is 25.7 Å². The molecule has 1 aliphatic rings. The van der Waals surface area contributed by atoms with Gasteiger partial charge in [0.25, 0.3) is 0 Å². The summed E-state index contributed by atoms with van der Waals surface area (Å²) < 4.78 is 5.47. The van der Waals surface area contributed by atoms with Gasteiger partial charge in [-0.3, -0.25) is 0 Å². The molecular weight excluding hydrogens is 224 g/mol. The van der Waals surface area contributed by atoms with Gasteiger partial charge in [-0.2, -0.15) is 0 Å². The van der Waals surface area contributed by atoms with E-state index in [-0.39, 0.29) is 0 Å². The lowest BCUT2D eigenvalue weighted by Gasteiger charge is -2.25. The summed E-state index contributed by atoms with van der Waals surface area (Å²) >= 11 is 0. The summed E-state index contributed by atoms with van der Waals surface area (Å²) in [7, 11) is 1.75. The monoisotopic (exact) mass is 248 g/mol. The molecule has 3 heteroatoms. The molecule has 2 N–H and O–H groups in total. The van der Waals surface area contributed by atoms with Crippen LogP contribution >= 0.6 is 0 Å². The van der Waals surface area contributed by atoms with E-state index in [9.17, 15) is 0 Å². The average molecular weight is 248 g/mol. The van der Waals surface area contributed by atoms with Crippen LogP contribution in [-0.2, 0) is 6.42 Å². The first-order valence-electron chi connectivity index (χ1n) is 6.81. The maximum atomic E-state index is 5.47. The lowest BCUT2D eigenvalue weighted by molar-refractivity contribution is 0.390. The van der Waals surface area contributed by atoms with Crippen molar-refractivity contribution in [3.63, 3.8) is 0 Å². The van der Waals surface area contributed by atoms with Crippen molar-refractivity contribution < 1.29 is 4.74 Å².